The maximum absolute atomic E-state index is 12.4. The molecule has 0 fully saturated rings. The zero-order valence-electron chi connectivity index (χ0n) is 14.6. The van der Waals surface area contributed by atoms with Crippen LogP contribution in [0, 0.1) is 11.3 Å². The van der Waals surface area contributed by atoms with Gasteiger partial charge in [-0.05, 0) is 42.5 Å². The van der Waals surface area contributed by atoms with Crippen LogP contribution >= 0.6 is 27.5 Å². The number of nitriles is 1. The molecule has 0 aliphatic heterocycles. The van der Waals surface area contributed by atoms with Gasteiger partial charge in [0.2, 0.25) is 0 Å². The number of hydrogen-bond acceptors (Lipinski definition) is 4. The molecule has 1 amide bonds. The van der Waals surface area contributed by atoms with Crippen molar-refractivity contribution in [2.24, 2.45) is 0 Å². The van der Waals surface area contributed by atoms with E-state index < -0.39 is 11.9 Å². The molecular formula is C21H12BrClN2O4. The number of nitrogens with zero attached hydrogens (tertiary/aromatic N) is 1. The van der Waals surface area contributed by atoms with Crippen molar-refractivity contribution in [2.45, 2.75) is 0 Å². The topological polar surface area (TPSA) is 103 Å². The largest absolute Gasteiger partial charge is 0.478 e. The van der Waals surface area contributed by atoms with Crippen LogP contribution in [0.4, 0.5) is 5.69 Å². The lowest BCUT2D eigenvalue weighted by Gasteiger charge is -2.04. The van der Waals surface area contributed by atoms with E-state index >= 15 is 0 Å². The van der Waals surface area contributed by atoms with Crippen molar-refractivity contribution in [1.29, 1.82) is 5.26 Å². The molecule has 8 heteroatoms. The van der Waals surface area contributed by atoms with Gasteiger partial charge < -0.3 is 14.8 Å². The average molecular weight is 472 g/mol. The molecule has 0 radical (unpaired) electrons. The van der Waals surface area contributed by atoms with Crippen LogP contribution in [0.5, 0.6) is 0 Å². The Kier molecular flexibility index (Phi) is 6.17. The fourth-order valence-corrected chi connectivity index (χ4v) is 3.14. The number of nitrogens with one attached hydrogen (secondary N) is 1. The van der Waals surface area contributed by atoms with Crippen LogP contribution in [-0.2, 0) is 4.79 Å². The molecule has 0 unspecified atom stereocenters. The van der Waals surface area contributed by atoms with E-state index in [0.717, 1.165) is 4.47 Å². The SMILES string of the molecule is N#CC(=Cc1ccc(-c2ccc(C(=O)O)c(Cl)c2)o1)C(=O)Nc1cccc(Br)c1. The van der Waals surface area contributed by atoms with Gasteiger partial charge in [-0.25, -0.2) is 4.79 Å². The number of hydrogen-bond donors (Lipinski definition) is 2. The van der Waals surface area contributed by atoms with Gasteiger partial charge in [-0.3, -0.25) is 4.79 Å². The van der Waals surface area contributed by atoms with E-state index in [4.69, 9.17) is 21.1 Å². The van der Waals surface area contributed by atoms with E-state index in [1.807, 2.05) is 12.1 Å². The van der Waals surface area contributed by atoms with Gasteiger partial charge in [-0.15, -0.1) is 0 Å². The van der Waals surface area contributed by atoms with Gasteiger partial charge in [0.25, 0.3) is 5.91 Å². The van der Waals surface area contributed by atoms with E-state index in [1.165, 1.54) is 18.2 Å². The van der Waals surface area contributed by atoms with Crippen LogP contribution in [-0.4, -0.2) is 17.0 Å². The minimum Gasteiger partial charge on any atom is -0.478 e. The predicted molar refractivity (Wildman–Crippen MR) is 112 cm³/mol. The van der Waals surface area contributed by atoms with Gasteiger partial charge in [0.05, 0.1) is 10.6 Å². The lowest BCUT2D eigenvalue weighted by Crippen LogP contribution is -2.13. The van der Waals surface area contributed by atoms with Crippen molar-refractivity contribution in [3.05, 3.63) is 81.0 Å². The van der Waals surface area contributed by atoms with Gasteiger partial charge in [0, 0.05) is 21.8 Å². The Balaban J connectivity index is 1.82. The zero-order chi connectivity index (χ0) is 21.0. The highest BCUT2D eigenvalue weighted by Gasteiger charge is 2.14. The molecule has 0 bridgehead atoms. The number of carbonyl (C=O) groups is 2. The number of carboxylic acid groups (broad SMARTS) is 1. The monoisotopic (exact) mass is 470 g/mol. The van der Waals surface area contributed by atoms with E-state index in [2.05, 4.69) is 21.2 Å². The first-order valence-corrected chi connectivity index (χ1v) is 9.36. The lowest BCUT2D eigenvalue weighted by molar-refractivity contribution is -0.112. The summed E-state index contributed by atoms with van der Waals surface area (Å²) in [6.07, 6.45) is 1.32. The van der Waals surface area contributed by atoms with E-state index in [1.54, 1.807) is 36.4 Å². The molecular weight excluding hydrogens is 460 g/mol. The van der Waals surface area contributed by atoms with Crippen molar-refractivity contribution in [1.82, 2.24) is 0 Å². The van der Waals surface area contributed by atoms with Crippen LogP contribution in [0.1, 0.15) is 16.1 Å². The fraction of sp³-hybridized carbons (Fsp3) is 0. The molecule has 3 rings (SSSR count). The summed E-state index contributed by atoms with van der Waals surface area (Å²) in [6.45, 7) is 0. The zero-order valence-corrected chi connectivity index (χ0v) is 17.0. The number of rotatable bonds is 5. The molecule has 29 heavy (non-hydrogen) atoms. The summed E-state index contributed by atoms with van der Waals surface area (Å²) in [5, 5.41) is 21.1. The number of anilines is 1. The predicted octanol–water partition coefficient (Wildman–Crippen LogP) is 5.61. The second kappa shape index (κ2) is 8.78. The Morgan fingerprint density at radius 2 is 1.97 bits per heavy atom. The third-order valence-electron chi connectivity index (χ3n) is 3.84. The van der Waals surface area contributed by atoms with E-state index in [9.17, 15) is 14.9 Å². The quantitative estimate of drug-likeness (QED) is 0.372. The summed E-state index contributed by atoms with van der Waals surface area (Å²) in [6, 6.07) is 16.5. The molecule has 1 heterocycles. The smallest absolute Gasteiger partial charge is 0.337 e. The molecule has 2 aromatic carbocycles. The van der Waals surface area contributed by atoms with Crippen molar-refractivity contribution in [2.75, 3.05) is 5.32 Å². The van der Waals surface area contributed by atoms with Crippen molar-refractivity contribution in [3.63, 3.8) is 0 Å². The van der Waals surface area contributed by atoms with Gasteiger partial charge in [-0.2, -0.15) is 5.26 Å². The van der Waals surface area contributed by atoms with Crippen molar-refractivity contribution >= 4 is 51.2 Å². The fourth-order valence-electron chi connectivity index (χ4n) is 2.48. The standard InChI is InChI=1S/C21H12BrClN2O4/c22-14-2-1-3-15(10-14)25-20(26)13(11-24)8-16-5-7-19(29-16)12-4-6-17(21(27)28)18(23)9-12/h1-10H,(H,25,26)(H,27,28). The van der Waals surface area contributed by atoms with Crippen LogP contribution in [0.2, 0.25) is 5.02 Å². The number of halogens is 2. The number of carbonyl (C=O) groups excluding carboxylic acids is 1. The third kappa shape index (κ3) is 4.93. The molecule has 0 spiro atoms. The number of aromatic carboxylic acids is 1. The molecule has 0 atom stereocenters. The molecule has 2 N–H and O–H groups in total. The minimum absolute atomic E-state index is 0.0157. The summed E-state index contributed by atoms with van der Waals surface area (Å²) in [5.74, 6) is -0.990. The summed E-state index contributed by atoms with van der Waals surface area (Å²) < 4.78 is 6.45. The Morgan fingerprint density at radius 1 is 1.17 bits per heavy atom. The van der Waals surface area contributed by atoms with Gasteiger partial charge in [0.1, 0.15) is 23.2 Å². The lowest BCUT2D eigenvalue weighted by atomic mass is 10.1. The molecule has 144 valence electrons. The van der Waals surface area contributed by atoms with Crippen LogP contribution in [0.3, 0.4) is 0 Å². The minimum atomic E-state index is -1.13. The summed E-state index contributed by atoms with van der Waals surface area (Å²) >= 11 is 9.30. The number of benzene rings is 2. The third-order valence-corrected chi connectivity index (χ3v) is 4.65. The molecule has 1 aromatic heterocycles. The van der Waals surface area contributed by atoms with Crippen molar-refractivity contribution in [3.8, 4) is 17.4 Å². The van der Waals surface area contributed by atoms with Gasteiger partial charge in [0.15, 0.2) is 0 Å². The Hall–Kier alpha value is -3.34. The van der Waals surface area contributed by atoms with E-state index in [0.29, 0.717) is 22.8 Å². The van der Waals surface area contributed by atoms with Crippen LogP contribution in [0.15, 0.2) is 69.1 Å². The molecule has 3 aromatic rings. The molecule has 6 nitrogen and oxygen atoms in total. The van der Waals surface area contributed by atoms with Crippen molar-refractivity contribution < 1.29 is 19.1 Å². The first-order chi connectivity index (χ1) is 13.9. The van der Waals surface area contributed by atoms with E-state index in [-0.39, 0.29) is 16.2 Å². The first kappa shape index (κ1) is 20.4. The second-order valence-electron chi connectivity index (χ2n) is 5.84. The average Bonchev–Trinajstić information content (AvgIpc) is 3.14. The molecule has 0 aliphatic rings. The number of amides is 1. The Bertz CT molecular complexity index is 1180. The highest BCUT2D eigenvalue weighted by atomic mass is 79.9. The van der Waals surface area contributed by atoms with Gasteiger partial charge >= 0.3 is 5.97 Å². The van der Waals surface area contributed by atoms with Gasteiger partial charge in [-0.1, -0.05) is 39.7 Å². The summed E-state index contributed by atoms with van der Waals surface area (Å²) in [7, 11) is 0. The van der Waals surface area contributed by atoms with Crippen LogP contribution in [0.25, 0.3) is 17.4 Å². The highest BCUT2D eigenvalue weighted by molar-refractivity contribution is 9.10. The Morgan fingerprint density at radius 3 is 2.62 bits per heavy atom. The first-order valence-electron chi connectivity index (χ1n) is 8.19. The highest BCUT2D eigenvalue weighted by Crippen LogP contribution is 2.28. The maximum atomic E-state index is 12.4. The summed E-state index contributed by atoms with van der Waals surface area (Å²) in [5.41, 5.74) is 0.957. The molecule has 0 saturated carbocycles. The Labute approximate surface area is 179 Å². The second-order valence-corrected chi connectivity index (χ2v) is 7.16. The summed E-state index contributed by atoms with van der Waals surface area (Å²) in [4.78, 5) is 23.4. The normalized spacial score (nSPS) is 11.0. The number of furan rings is 1. The number of carboxylic acids is 1. The van der Waals surface area contributed by atoms with Crippen LogP contribution < -0.4 is 5.32 Å². The maximum Gasteiger partial charge on any atom is 0.337 e. The molecule has 0 saturated heterocycles. The molecule has 0 aliphatic carbocycles.